The van der Waals surface area contributed by atoms with Crippen LogP contribution in [0.3, 0.4) is 0 Å². The zero-order valence-corrected chi connectivity index (χ0v) is 16.0. The first-order valence-corrected chi connectivity index (χ1v) is 9.26. The number of carbonyl (C=O) groups excluding carboxylic acids is 2. The Kier molecular flexibility index (Phi) is 6.45. The monoisotopic (exact) mass is 345 g/mol. The van der Waals surface area contributed by atoms with E-state index in [1.165, 1.54) is 5.56 Å². The molecule has 3 amide bonds. The molecule has 0 atom stereocenters. The Balaban J connectivity index is 1.90. The number of benzene rings is 1. The first-order valence-electron chi connectivity index (χ1n) is 9.26. The predicted molar refractivity (Wildman–Crippen MR) is 101 cm³/mol. The highest BCUT2D eigenvalue weighted by Crippen LogP contribution is 2.27. The molecule has 0 radical (unpaired) electrons. The van der Waals surface area contributed by atoms with Crippen molar-refractivity contribution in [2.45, 2.75) is 39.5 Å². The van der Waals surface area contributed by atoms with Gasteiger partial charge in [-0.15, -0.1) is 0 Å². The van der Waals surface area contributed by atoms with Crippen LogP contribution in [-0.4, -0.2) is 65.9 Å². The summed E-state index contributed by atoms with van der Waals surface area (Å²) < 4.78 is 0. The molecule has 1 aliphatic heterocycles. The number of rotatable bonds is 5. The van der Waals surface area contributed by atoms with Crippen molar-refractivity contribution in [1.82, 2.24) is 14.7 Å². The maximum atomic E-state index is 12.7. The highest BCUT2D eigenvalue weighted by molar-refractivity contribution is 5.79. The van der Waals surface area contributed by atoms with Crippen LogP contribution in [0.2, 0.25) is 0 Å². The van der Waals surface area contributed by atoms with Crippen molar-refractivity contribution in [2.24, 2.45) is 0 Å². The molecular weight excluding hydrogens is 314 g/mol. The van der Waals surface area contributed by atoms with E-state index in [0.29, 0.717) is 32.6 Å². The Morgan fingerprint density at radius 2 is 1.48 bits per heavy atom. The normalized spacial score (nSPS) is 15.2. The van der Waals surface area contributed by atoms with Gasteiger partial charge in [-0.25, -0.2) is 4.79 Å². The van der Waals surface area contributed by atoms with Crippen LogP contribution in [-0.2, 0) is 10.2 Å². The third kappa shape index (κ3) is 4.74. The van der Waals surface area contributed by atoms with Crippen molar-refractivity contribution in [2.75, 3.05) is 39.3 Å². The van der Waals surface area contributed by atoms with E-state index < -0.39 is 0 Å². The highest BCUT2D eigenvalue weighted by atomic mass is 16.2. The van der Waals surface area contributed by atoms with E-state index >= 15 is 0 Å². The van der Waals surface area contributed by atoms with Gasteiger partial charge in [0.2, 0.25) is 5.91 Å². The minimum Gasteiger partial charge on any atom is -0.339 e. The number of urea groups is 1. The molecule has 2 rings (SSSR count). The molecule has 5 nitrogen and oxygen atoms in total. The fourth-order valence-electron chi connectivity index (χ4n) is 3.32. The Hall–Kier alpha value is -2.04. The van der Waals surface area contributed by atoms with E-state index in [1.54, 1.807) is 0 Å². The van der Waals surface area contributed by atoms with Gasteiger partial charge in [-0.1, -0.05) is 44.2 Å². The Morgan fingerprint density at radius 1 is 0.960 bits per heavy atom. The van der Waals surface area contributed by atoms with Gasteiger partial charge in [-0.05, 0) is 24.8 Å². The van der Waals surface area contributed by atoms with E-state index in [9.17, 15) is 9.59 Å². The fourth-order valence-corrected chi connectivity index (χ4v) is 3.32. The maximum Gasteiger partial charge on any atom is 0.320 e. The molecule has 1 aromatic carbocycles. The molecule has 0 unspecified atom stereocenters. The van der Waals surface area contributed by atoms with Crippen molar-refractivity contribution >= 4 is 11.9 Å². The van der Waals surface area contributed by atoms with E-state index in [4.69, 9.17) is 0 Å². The van der Waals surface area contributed by atoms with Gasteiger partial charge in [0.1, 0.15) is 0 Å². The van der Waals surface area contributed by atoms with Crippen LogP contribution in [0.5, 0.6) is 0 Å². The molecule has 0 N–H and O–H groups in total. The summed E-state index contributed by atoms with van der Waals surface area (Å²) in [6.45, 7) is 12.1. The molecule has 1 heterocycles. The van der Waals surface area contributed by atoms with Gasteiger partial charge in [0.25, 0.3) is 0 Å². The molecular formula is C20H31N3O2. The molecule has 1 saturated heterocycles. The summed E-state index contributed by atoms with van der Waals surface area (Å²) in [6, 6.07) is 10.3. The van der Waals surface area contributed by atoms with Crippen molar-refractivity contribution in [3.8, 4) is 0 Å². The van der Waals surface area contributed by atoms with Crippen molar-refractivity contribution < 1.29 is 9.59 Å². The van der Waals surface area contributed by atoms with Gasteiger partial charge in [-0.3, -0.25) is 4.79 Å². The number of carbonyl (C=O) groups is 2. The maximum absolute atomic E-state index is 12.7. The molecule has 0 aromatic heterocycles. The highest BCUT2D eigenvalue weighted by Gasteiger charge is 2.30. The van der Waals surface area contributed by atoms with E-state index in [1.807, 2.05) is 46.7 Å². The van der Waals surface area contributed by atoms with Crippen LogP contribution in [0, 0.1) is 0 Å². The number of hydrogen-bond acceptors (Lipinski definition) is 2. The Labute approximate surface area is 151 Å². The van der Waals surface area contributed by atoms with Gasteiger partial charge in [-0.2, -0.15) is 0 Å². The SMILES string of the molecule is CCN(CC)C(=O)N1CCN(C(=O)CC(C)(C)c2ccccc2)CC1. The van der Waals surface area contributed by atoms with Crippen LogP contribution in [0.4, 0.5) is 4.79 Å². The lowest BCUT2D eigenvalue weighted by Gasteiger charge is -2.38. The quantitative estimate of drug-likeness (QED) is 0.823. The average Bonchev–Trinajstić information content (AvgIpc) is 2.63. The predicted octanol–water partition coefficient (Wildman–Crippen LogP) is 2.96. The second-order valence-corrected chi connectivity index (χ2v) is 7.25. The average molecular weight is 345 g/mol. The molecule has 0 bridgehead atoms. The smallest absolute Gasteiger partial charge is 0.320 e. The summed E-state index contributed by atoms with van der Waals surface area (Å²) >= 11 is 0. The van der Waals surface area contributed by atoms with Gasteiger partial charge in [0.15, 0.2) is 0 Å². The molecule has 138 valence electrons. The van der Waals surface area contributed by atoms with Crippen LogP contribution >= 0.6 is 0 Å². The molecule has 1 aromatic rings. The number of piperazine rings is 1. The molecule has 5 heteroatoms. The second-order valence-electron chi connectivity index (χ2n) is 7.25. The first-order chi connectivity index (χ1) is 11.9. The van der Waals surface area contributed by atoms with Crippen molar-refractivity contribution in [3.63, 3.8) is 0 Å². The van der Waals surface area contributed by atoms with Crippen molar-refractivity contribution in [1.29, 1.82) is 0 Å². The molecule has 0 spiro atoms. The molecule has 1 aliphatic rings. The van der Waals surface area contributed by atoms with Crippen LogP contribution in [0.15, 0.2) is 30.3 Å². The zero-order chi connectivity index (χ0) is 18.4. The topological polar surface area (TPSA) is 43.9 Å². The standard InChI is InChI=1S/C20H31N3O2/c1-5-21(6-2)19(25)23-14-12-22(13-15-23)18(24)16-20(3,4)17-10-8-7-9-11-17/h7-11H,5-6,12-16H2,1-4H3. The van der Waals surface area contributed by atoms with E-state index in [2.05, 4.69) is 26.0 Å². The van der Waals surface area contributed by atoms with Gasteiger partial charge >= 0.3 is 6.03 Å². The summed E-state index contributed by atoms with van der Waals surface area (Å²) in [5, 5.41) is 0. The first kappa shape index (κ1) is 19.3. The van der Waals surface area contributed by atoms with E-state index in [0.717, 1.165) is 13.1 Å². The van der Waals surface area contributed by atoms with Gasteiger partial charge in [0, 0.05) is 45.7 Å². The van der Waals surface area contributed by atoms with Crippen molar-refractivity contribution in [3.05, 3.63) is 35.9 Å². The lowest BCUT2D eigenvalue weighted by atomic mass is 9.81. The summed E-state index contributed by atoms with van der Waals surface area (Å²) in [4.78, 5) is 30.7. The van der Waals surface area contributed by atoms with E-state index in [-0.39, 0.29) is 17.4 Å². The second kappa shape index (κ2) is 8.37. The number of nitrogens with zero attached hydrogens (tertiary/aromatic N) is 3. The number of hydrogen-bond donors (Lipinski definition) is 0. The largest absolute Gasteiger partial charge is 0.339 e. The summed E-state index contributed by atoms with van der Waals surface area (Å²) in [5.74, 6) is 0.170. The zero-order valence-electron chi connectivity index (χ0n) is 16.0. The summed E-state index contributed by atoms with van der Waals surface area (Å²) in [5.41, 5.74) is 0.991. The van der Waals surface area contributed by atoms with Crippen LogP contribution in [0.25, 0.3) is 0 Å². The summed E-state index contributed by atoms with van der Waals surface area (Å²) in [6.07, 6.45) is 0.487. The third-order valence-corrected chi connectivity index (χ3v) is 5.09. The minimum atomic E-state index is -0.188. The molecule has 25 heavy (non-hydrogen) atoms. The lowest BCUT2D eigenvalue weighted by Crippen LogP contribution is -2.54. The Morgan fingerprint density at radius 3 is 2.00 bits per heavy atom. The van der Waals surface area contributed by atoms with Gasteiger partial charge < -0.3 is 14.7 Å². The van der Waals surface area contributed by atoms with Gasteiger partial charge in [0.05, 0.1) is 0 Å². The van der Waals surface area contributed by atoms with Crippen LogP contribution < -0.4 is 0 Å². The fraction of sp³-hybridized carbons (Fsp3) is 0.600. The Bertz CT molecular complexity index is 574. The third-order valence-electron chi connectivity index (χ3n) is 5.09. The lowest BCUT2D eigenvalue weighted by molar-refractivity contribution is -0.133. The molecule has 0 aliphatic carbocycles. The molecule has 1 fully saturated rings. The number of amides is 3. The minimum absolute atomic E-state index is 0.0849. The molecule has 0 saturated carbocycles. The van der Waals surface area contributed by atoms with Crippen LogP contribution in [0.1, 0.15) is 39.7 Å². The summed E-state index contributed by atoms with van der Waals surface area (Å²) in [7, 11) is 0.